The van der Waals surface area contributed by atoms with Crippen molar-refractivity contribution in [2.45, 2.75) is 32.2 Å². The summed E-state index contributed by atoms with van der Waals surface area (Å²) < 4.78 is 0. The molecule has 0 spiro atoms. The number of hydrogen-bond donors (Lipinski definition) is 1. The topological polar surface area (TPSA) is 73.0 Å². The summed E-state index contributed by atoms with van der Waals surface area (Å²) in [6.07, 6.45) is 1.53. The summed E-state index contributed by atoms with van der Waals surface area (Å²) in [6, 6.07) is 34.4. The largest absolute Gasteiger partial charge is 0.369 e. The van der Waals surface area contributed by atoms with Crippen molar-refractivity contribution in [1.29, 1.82) is 0 Å². The molecule has 7 heteroatoms. The molecule has 226 valence electrons. The first-order chi connectivity index (χ1) is 21.4. The number of nitrogens with one attached hydrogen (secondary N) is 1. The Balaban J connectivity index is 1.38. The molecule has 4 aromatic carbocycles. The van der Waals surface area contributed by atoms with Gasteiger partial charge in [0.15, 0.2) is 0 Å². The number of rotatable bonds is 9. The van der Waals surface area contributed by atoms with Gasteiger partial charge in [0.1, 0.15) is 0 Å². The molecule has 44 heavy (non-hydrogen) atoms. The van der Waals surface area contributed by atoms with Gasteiger partial charge in [-0.2, -0.15) is 0 Å². The maximum absolute atomic E-state index is 14.0. The molecular formula is C37H40N4O3. The highest BCUT2D eigenvalue weighted by molar-refractivity contribution is 6.06. The third kappa shape index (κ3) is 7.35. The van der Waals surface area contributed by atoms with Crippen molar-refractivity contribution < 1.29 is 14.4 Å². The second-order valence-corrected chi connectivity index (χ2v) is 11.2. The predicted octanol–water partition coefficient (Wildman–Crippen LogP) is 6.44. The zero-order valence-electron chi connectivity index (χ0n) is 25.5. The number of benzene rings is 4. The first kappa shape index (κ1) is 30.5. The van der Waals surface area contributed by atoms with E-state index in [0.717, 1.165) is 29.7 Å². The highest BCUT2D eigenvalue weighted by Crippen LogP contribution is 2.29. The van der Waals surface area contributed by atoms with Crippen molar-refractivity contribution in [3.8, 4) is 0 Å². The average molecular weight is 589 g/mol. The lowest BCUT2D eigenvalue weighted by molar-refractivity contribution is -0.132. The molecule has 1 saturated heterocycles. The molecule has 4 aromatic rings. The van der Waals surface area contributed by atoms with Crippen LogP contribution in [0, 0.1) is 0 Å². The Morgan fingerprint density at radius 2 is 1.45 bits per heavy atom. The fourth-order valence-corrected chi connectivity index (χ4v) is 5.83. The van der Waals surface area contributed by atoms with Crippen LogP contribution in [-0.4, -0.2) is 60.7 Å². The van der Waals surface area contributed by atoms with Gasteiger partial charge in [-0.3, -0.25) is 14.4 Å². The Morgan fingerprint density at radius 1 is 0.795 bits per heavy atom. The van der Waals surface area contributed by atoms with E-state index in [-0.39, 0.29) is 23.6 Å². The van der Waals surface area contributed by atoms with E-state index in [2.05, 4.69) is 17.1 Å². The smallest absolute Gasteiger partial charge is 0.256 e. The predicted molar refractivity (Wildman–Crippen MR) is 176 cm³/mol. The third-order valence-electron chi connectivity index (χ3n) is 8.19. The maximum Gasteiger partial charge on any atom is 0.256 e. The Morgan fingerprint density at radius 3 is 2.14 bits per heavy atom. The van der Waals surface area contributed by atoms with E-state index in [1.54, 1.807) is 30.1 Å². The van der Waals surface area contributed by atoms with Crippen LogP contribution < -0.4 is 10.2 Å². The molecule has 5 rings (SSSR count). The monoisotopic (exact) mass is 588 g/mol. The molecule has 1 aliphatic heterocycles. The van der Waals surface area contributed by atoms with Crippen LogP contribution in [0.3, 0.4) is 0 Å². The fraction of sp³-hybridized carbons (Fsp3) is 0.270. The molecule has 1 aliphatic rings. The summed E-state index contributed by atoms with van der Waals surface area (Å²) in [5, 5.41) is 2.96. The molecule has 3 amide bonds. The van der Waals surface area contributed by atoms with Crippen LogP contribution in [0.4, 0.5) is 11.4 Å². The highest BCUT2D eigenvalue weighted by Gasteiger charge is 2.28. The van der Waals surface area contributed by atoms with Crippen LogP contribution >= 0.6 is 0 Å². The second kappa shape index (κ2) is 14.5. The molecule has 1 atom stereocenters. The molecular weight excluding hydrogens is 548 g/mol. The zero-order chi connectivity index (χ0) is 30.9. The van der Waals surface area contributed by atoms with Gasteiger partial charge in [-0.1, -0.05) is 85.8 Å². The highest BCUT2D eigenvalue weighted by atomic mass is 16.2. The first-order valence-electron chi connectivity index (χ1n) is 15.3. The summed E-state index contributed by atoms with van der Waals surface area (Å²) in [6.45, 7) is 5.07. The van der Waals surface area contributed by atoms with Gasteiger partial charge in [-0.25, -0.2) is 0 Å². The quantitative estimate of drug-likeness (QED) is 0.244. The molecule has 0 unspecified atom stereocenters. The van der Waals surface area contributed by atoms with Crippen molar-refractivity contribution in [2.24, 2.45) is 0 Å². The van der Waals surface area contributed by atoms with Gasteiger partial charge in [0.2, 0.25) is 5.91 Å². The van der Waals surface area contributed by atoms with E-state index in [9.17, 15) is 14.4 Å². The molecule has 0 saturated carbocycles. The minimum atomic E-state index is -0.234. The SMILES string of the molecule is CC[C@@H](C(=O)N1CCCN(c2ccc(NC(=O)c3ccccc3)cc2C(=O)N(C)Cc2ccccc2)CC1)c1ccccc1. The summed E-state index contributed by atoms with van der Waals surface area (Å²) >= 11 is 0. The van der Waals surface area contributed by atoms with E-state index in [1.165, 1.54) is 0 Å². The molecule has 0 bridgehead atoms. The van der Waals surface area contributed by atoms with Crippen LogP contribution in [0.15, 0.2) is 109 Å². The van der Waals surface area contributed by atoms with Crippen molar-refractivity contribution in [2.75, 3.05) is 43.4 Å². The lowest BCUT2D eigenvalue weighted by atomic mass is 9.95. The summed E-state index contributed by atoms with van der Waals surface area (Å²) in [5.74, 6) is -0.383. The van der Waals surface area contributed by atoms with Gasteiger partial charge in [-0.15, -0.1) is 0 Å². The van der Waals surface area contributed by atoms with Gasteiger partial charge in [0.05, 0.1) is 11.5 Å². The average Bonchev–Trinajstić information content (AvgIpc) is 3.32. The molecule has 0 aliphatic carbocycles. The first-order valence-corrected chi connectivity index (χ1v) is 15.3. The van der Waals surface area contributed by atoms with Crippen LogP contribution in [0.1, 0.15) is 57.5 Å². The summed E-state index contributed by atoms with van der Waals surface area (Å²) in [5.41, 5.74) is 4.50. The molecule has 0 aromatic heterocycles. The van der Waals surface area contributed by atoms with Gasteiger partial charge in [-0.05, 0) is 54.3 Å². The van der Waals surface area contributed by atoms with Crippen LogP contribution in [-0.2, 0) is 11.3 Å². The Kier molecular flexibility index (Phi) is 10.1. The number of carbonyl (C=O) groups excluding carboxylic acids is 3. The molecule has 1 N–H and O–H groups in total. The fourth-order valence-electron chi connectivity index (χ4n) is 5.83. The molecule has 1 heterocycles. The van der Waals surface area contributed by atoms with E-state index in [4.69, 9.17) is 0 Å². The zero-order valence-corrected chi connectivity index (χ0v) is 25.5. The molecule has 0 radical (unpaired) electrons. The normalized spacial score (nSPS) is 14.0. The lowest BCUT2D eigenvalue weighted by Crippen LogP contribution is -2.38. The standard InChI is InChI=1S/C37H40N4O3/c1-3-32(29-16-9-5-10-17-29)37(44)41-23-13-22-40(24-25-41)34-21-20-31(38-35(42)30-18-11-6-12-19-30)26-33(34)36(43)39(2)27-28-14-7-4-8-15-28/h4-12,14-21,26,32H,3,13,22-25,27H2,1-2H3,(H,38,42)/t32-/m1/s1. The van der Waals surface area contributed by atoms with Gasteiger partial charge >= 0.3 is 0 Å². The maximum atomic E-state index is 14.0. The minimum absolute atomic E-state index is 0.132. The van der Waals surface area contributed by atoms with Crippen LogP contribution in [0.5, 0.6) is 0 Å². The number of anilines is 2. The minimum Gasteiger partial charge on any atom is -0.369 e. The van der Waals surface area contributed by atoms with Crippen molar-refractivity contribution in [3.63, 3.8) is 0 Å². The Labute approximate surface area is 260 Å². The van der Waals surface area contributed by atoms with Crippen molar-refractivity contribution in [1.82, 2.24) is 9.80 Å². The summed E-state index contributed by atoms with van der Waals surface area (Å²) in [4.78, 5) is 46.4. The van der Waals surface area contributed by atoms with Crippen molar-refractivity contribution in [3.05, 3.63) is 131 Å². The van der Waals surface area contributed by atoms with Gasteiger partial charge in [0, 0.05) is 56.7 Å². The van der Waals surface area contributed by atoms with E-state index >= 15 is 0 Å². The Hall–Kier alpha value is -4.91. The number of hydrogen-bond acceptors (Lipinski definition) is 4. The van der Waals surface area contributed by atoms with Gasteiger partial charge < -0.3 is 20.0 Å². The number of nitrogens with zero attached hydrogens (tertiary/aromatic N) is 3. The Bertz CT molecular complexity index is 1560. The summed E-state index contributed by atoms with van der Waals surface area (Å²) in [7, 11) is 1.80. The van der Waals surface area contributed by atoms with Gasteiger partial charge in [0.25, 0.3) is 11.8 Å². The number of carbonyl (C=O) groups is 3. The second-order valence-electron chi connectivity index (χ2n) is 11.2. The van der Waals surface area contributed by atoms with Crippen molar-refractivity contribution >= 4 is 29.1 Å². The third-order valence-corrected chi connectivity index (χ3v) is 8.19. The molecule has 7 nitrogen and oxygen atoms in total. The lowest BCUT2D eigenvalue weighted by Gasteiger charge is -2.28. The number of amides is 3. The van der Waals surface area contributed by atoms with E-state index in [1.807, 2.05) is 95.9 Å². The van der Waals surface area contributed by atoms with Crippen LogP contribution in [0.25, 0.3) is 0 Å². The van der Waals surface area contributed by atoms with E-state index < -0.39 is 0 Å². The molecule has 1 fully saturated rings. The van der Waals surface area contributed by atoms with Crippen LogP contribution in [0.2, 0.25) is 0 Å². The van der Waals surface area contributed by atoms with E-state index in [0.29, 0.717) is 49.5 Å².